The Morgan fingerprint density at radius 2 is 2.00 bits per heavy atom. The van der Waals surface area contributed by atoms with Gasteiger partial charge in [0.25, 0.3) is 0 Å². The molecule has 2 heteroatoms. The van der Waals surface area contributed by atoms with Crippen molar-refractivity contribution >= 4 is 11.8 Å². The zero-order valence-corrected chi connectivity index (χ0v) is 9.44. The molecular formula is C12H17NS. The van der Waals surface area contributed by atoms with E-state index in [1.54, 1.807) is 0 Å². The van der Waals surface area contributed by atoms with Gasteiger partial charge >= 0.3 is 0 Å². The largest absolute Gasteiger partial charge is 0.316 e. The van der Waals surface area contributed by atoms with E-state index in [2.05, 4.69) is 42.6 Å². The van der Waals surface area contributed by atoms with E-state index in [1.807, 2.05) is 11.8 Å². The van der Waals surface area contributed by atoms with Crippen LogP contribution in [0.3, 0.4) is 0 Å². The summed E-state index contributed by atoms with van der Waals surface area (Å²) in [6, 6.07) is 10.7. The van der Waals surface area contributed by atoms with E-state index >= 15 is 0 Å². The van der Waals surface area contributed by atoms with Gasteiger partial charge in [0.2, 0.25) is 0 Å². The van der Waals surface area contributed by atoms with Gasteiger partial charge in [-0.15, -0.1) is 11.8 Å². The lowest BCUT2D eigenvalue weighted by Gasteiger charge is -2.39. The Labute approximate surface area is 90.3 Å². The highest BCUT2D eigenvalue weighted by Crippen LogP contribution is 2.29. The van der Waals surface area contributed by atoms with Crippen molar-refractivity contribution in [3.05, 3.63) is 30.3 Å². The second kappa shape index (κ2) is 4.37. The predicted octanol–water partition coefficient (Wildman–Crippen LogP) is 2.78. The van der Waals surface area contributed by atoms with Crippen LogP contribution in [0.1, 0.15) is 13.3 Å². The summed E-state index contributed by atoms with van der Waals surface area (Å²) in [6.45, 7) is 4.76. The molecule has 0 aliphatic carbocycles. The van der Waals surface area contributed by atoms with Crippen molar-refractivity contribution < 1.29 is 0 Å². The molecule has 76 valence electrons. The van der Waals surface area contributed by atoms with Gasteiger partial charge in [-0.3, -0.25) is 0 Å². The molecule has 1 aromatic carbocycles. The molecule has 1 aliphatic rings. The van der Waals surface area contributed by atoms with Crippen LogP contribution in [0.4, 0.5) is 0 Å². The molecule has 1 aromatic rings. The van der Waals surface area contributed by atoms with Crippen molar-refractivity contribution in [3.63, 3.8) is 0 Å². The summed E-state index contributed by atoms with van der Waals surface area (Å²) >= 11 is 1.97. The van der Waals surface area contributed by atoms with Gasteiger partial charge in [-0.1, -0.05) is 25.1 Å². The molecule has 0 aromatic heterocycles. The average Bonchev–Trinajstić information content (AvgIpc) is 2.17. The maximum Gasteiger partial charge on any atom is 0.00719 e. The highest BCUT2D eigenvalue weighted by molar-refractivity contribution is 7.99. The number of benzene rings is 1. The van der Waals surface area contributed by atoms with Crippen LogP contribution >= 0.6 is 11.8 Å². The third kappa shape index (κ3) is 2.52. The molecule has 0 atom stereocenters. The minimum Gasteiger partial charge on any atom is -0.316 e. The number of rotatable bonds is 4. The fourth-order valence-corrected chi connectivity index (χ4v) is 2.84. The molecule has 0 unspecified atom stereocenters. The Bertz CT molecular complexity index is 280. The second-order valence-corrected chi connectivity index (χ2v) is 5.49. The normalized spacial score (nSPS) is 18.9. The lowest BCUT2D eigenvalue weighted by atomic mass is 9.82. The Kier molecular flexibility index (Phi) is 3.14. The highest BCUT2D eigenvalue weighted by atomic mass is 32.2. The quantitative estimate of drug-likeness (QED) is 0.762. The molecule has 1 N–H and O–H groups in total. The molecule has 1 saturated heterocycles. The average molecular weight is 207 g/mol. The fraction of sp³-hybridized carbons (Fsp3) is 0.500. The molecular weight excluding hydrogens is 190 g/mol. The Morgan fingerprint density at radius 3 is 2.57 bits per heavy atom. The first kappa shape index (κ1) is 10.1. The monoisotopic (exact) mass is 207 g/mol. The summed E-state index contributed by atoms with van der Waals surface area (Å²) in [5.74, 6) is 1.24. The van der Waals surface area contributed by atoms with E-state index in [1.165, 1.54) is 30.2 Å². The lowest BCUT2D eigenvalue weighted by molar-refractivity contribution is 0.190. The van der Waals surface area contributed by atoms with Crippen LogP contribution in [0.5, 0.6) is 0 Å². The molecule has 0 amide bonds. The minimum atomic E-state index is 0.571. The van der Waals surface area contributed by atoms with Crippen LogP contribution < -0.4 is 5.32 Å². The molecule has 1 heterocycles. The minimum absolute atomic E-state index is 0.571. The van der Waals surface area contributed by atoms with Crippen molar-refractivity contribution in [1.29, 1.82) is 0 Å². The molecule has 0 radical (unpaired) electrons. The summed E-state index contributed by atoms with van der Waals surface area (Å²) in [5, 5.41) is 3.34. The van der Waals surface area contributed by atoms with Crippen LogP contribution in [0.25, 0.3) is 0 Å². The van der Waals surface area contributed by atoms with Gasteiger partial charge in [-0.25, -0.2) is 0 Å². The SMILES string of the molecule is CC1(CCSc2ccccc2)CNC1. The van der Waals surface area contributed by atoms with Crippen LogP contribution in [-0.4, -0.2) is 18.8 Å². The Hall–Kier alpha value is -0.470. The summed E-state index contributed by atoms with van der Waals surface area (Å²) in [6.07, 6.45) is 1.32. The van der Waals surface area contributed by atoms with Crippen molar-refractivity contribution in [3.8, 4) is 0 Å². The fourth-order valence-electron chi connectivity index (χ4n) is 1.66. The van der Waals surface area contributed by atoms with Gasteiger partial charge in [-0.05, 0) is 29.7 Å². The summed E-state index contributed by atoms with van der Waals surface area (Å²) in [7, 11) is 0. The van der Waals surface area contributed by atoms with Gasteiger partial charge in [0.05, 0.1) is 0 Å². The molecule has 0 saturated carbocycles. The number of hydrogen-bond donors (Lipinski definition) is 1. The second-order valence-electron chi connectivity index (χ2n) is 4.33. The van der Waals surface area contributed by atoms with Crippen molar-refractivity contribution in [1.82, 2.24) is 5.32 Å². The van der Waals surface area contributed by atoms with Crippen molar-refractivity contribution in [2.45, 2.75) is 18.2 Å². The van der Waals surface area contributed by atoms with Gasteiger partial charge in [-0.2, -0.15) is 0 Å². The molecule has 2 rings (SSSR count). The molecule has 0 spiro atoms. The van der Waals surface area contributed by atoms with Crippen LogP contribution in [-0.2, 0) is 0 Å². The molecule has 14 heavy (non-hydrogen) atoms. The topological polar surface area (TPSA) is 12.0 Å². The van der Waals surface area contributed by atoms with Crippen LogP contribution in [0.2, 0.25) is 0 Å². The van der Waals surface area contributed by atoms with Gasteiger partial charge in [0.1, 0.15) is 0 Å². The molecule has 1 nitrogen and oxygen atoms in total. The number of hydrogen-bond acceptors (Lipinski definition) is 2. The highest BCUT2D eigenvalue weighted by Gasteiger charge is 2.30. The third-order valence-corrected chi connectivity index (χ3v) is 3.83. The zero-order valence-electron chi connectivity index (χ0n) is 8.62. The Morgan fingerprint density at radius 1 is 1.29 bits per heavy atom. The summed E-state index contributed by atoms with van der Waals surface area (Å²) in [5.41, 5.74) is 0.571. The van der Waals surface area contributed by atoms with Gasteiger partial charge < -0.3 is 5.32 Å². The number of thioether (sulfide) groups is 1. The summed E-state index contributed by atoms with van der Waals surface area (Å²) in [4.78, 5) is 1.39. The maximum atomic E-state index is 3.34. The zero-order chi connectivity index (χ0) is 9.86. The first-order valence-electron chi connectivity index (χ1n) is 5.17. The van der Waals surface area contributed by atoms with E-state index in [9.17, 15) is 0 Å². The van der Waals surface area contributed by atoms with E-state index in [0.29, 0.717) is 5.41 Å². The van der Waals surface area contributed by atoms with E-state index < -0.39 is 0 Å². The number of nitrogens with one attached hydrogen (secondary N) is 1. The predicted molar refractivity (Wildman–Crippen MR) is 62.8 cm³/mol. The van der Waals surface area contributed by atoms with E-state index in [0.717, 1.165) is 0 Å². The van der Waals surface area contributed by atoms with Crippen LogP contribution in [0, 0.1) is 5.41 Å². The molecule has 1 fully saturated rings. The standard InChI is InChI=1S/C12H17NS/c1-12(9-13-10-12)7-8-14-11-5-3-2-4-6-11/h2-6,13H,7-10H2,1H3. The van der Waals surface area contributed by atoms with E-state index in [4.69, 9.17) is 0 Å². The van der Waals surface area contributed by atoms with E-state index in [-0.39, 0.29) is 0 Å². The lowest BCUT2D eigenvalue weighted by Crippen LogP contribution is -2.51. The van der Waals surface area contributed by atoms with Gasteiger partial charge in [0, 0.05) is 18.0 Å². The summed E-state index contributed by atoms with van der Waals surface area (Å²) < 4.78 is 0. The first-order chi connectivity index (χ1) is 6.79. The first-order valence-corrected chi connectivity index (χ1v) is 6.16. The Balaban J connectivity index is 1.73. The van der Waals surface area contributed by atoms with Gasteiger partial charge in [0.15, 0.2) is 0 Å². The third-order valence-electron chi connectivity index (χ3n) is 2.82. The van der Waals surface area contributed by atoms with Crippen LogP contribution in [0.15, 0.2) is 35.2 Å². The van der Waals surface area contributed by atoms with Crippen molar-refractivity contribution in [2.24, 2.45) is 5.41 Å². The van der Waals surface area contributed by atoms with Crippen molar-refractivity contribution in [2.75, 3.05) is 18.8 Å². The maximum absolute atomic E-state index is 3.34. The molecule has 0 bridgehead atoms. The smallest absolute Gasteiger partial charge is 0.00719 e. The molecule has 1 aliphatic heterocycles.